The van der Waals surface area contributed by atoms with Crippen LogP contribution in [-0.4, -0.2) is 22.7 Å². The van der Waals surface area contributed by atoms with Crippen molar-refractivity contribution < 1.29 is 19.0 Å². The van der Waals surface area contributed by atoms with Gasteiger partial charge in [-0.15, -0.1) is 0 Å². The van der Waals surface area contributed by atoms with Crippen molar-refractivity contribution in [2.45, 2.75) is 31.6 Å². The third-order valence-electron chi connectivity index (χ3n) is 5.31. The van der Waals surface area contributed by atoms with Crippen molar-refractivity contribution in [1.82, 2.24) is 4.98 Å². The second-order valence-electron chi connectivity index (χ2n) is 7.31. The molecule has 0 saturated heterocycles. The molecule has 0 unspecified atom stereocenters. The number of benzene rings is 2. The van der Waals surface area contributed by atoms with Crippen LogP contribution in [0.25, 0.3) is 11.3 Å². The van der Waals surface area contributed by atoms with Gasteiger partial charge in [0.05, 0.1) is 18.7 Å². The third-order valence-corrected chi connectivity index (χ3v) is 5.31. The Balaban J connectivity index is 1.37. The van der Waals surface area contributed by atoms with Crippen molar-refractivity contribution in [3.05, 3.63) is 83.3 Å². The molecule has 0 fully saturated rings. The molecular formula is C24H22FNO3. The minimum atomic E-state index is -0.751. The van der Waals surface area contributed by atoms with Gasteiger partial charge < -0.3 is 9.84 Å². The van der Waals surface area contributed by atoms with Gasteiger partial charge in [0, 0.05) is 17.7 Å². The van der Waals surface area contributed by atoms with Crippen molar-refractivity contribution in [2.75, 3.05) is 6.61 Å². The summed E-state index contributed by atoms with van der Waals surface area (Å²) in [4.78, 5) is 15.6. The highest BCUT2D eigenvalue weighted by Crippen LogP contribution is 2.37. The van der Waals surface area contributed by atoms with Crippen LogP contribution in [0.3, 0.4) is 0 Å². The predicted octanol–water partition coefficient (Wildman–Crippen LogP) is 5.01. The van der Waals surface area contributed by atoms with Crippen molar-refractivity contribution in [3.63, 3.8) is 0 Å². The quantitative estimate of drug-likeness (QED) is 0.615. The number of aryl methyl sites for hydroxylation is 1. The molecule has 148 valence electrons. The first kappa shape index (κ1) is 19.1. The second kappa shape index (κ2) is 8.43. The van der Waals surface area contributed by atoms with E-state index in [2.05, 4.69) is 4.98 Å². The molecule has 0 amide bonds. The first-order valence-electron chi connectivity index (χ1n) is 9.78. The molecule has 1 heterocycles. The van der Waals surface area contributed by atoms with E-state index in [0.29, 0.717) is 13.0 Å². The Morgan fingerprint density at radius 1 is 1.14 bits per heavy atom. The Labute approximate surface area is 169 Å². The lowest BCUT2D eigenvalue weighted by molar-refractivity contribution is -0.137. The molecule has 2 aromatic carbocycles. The van der Waals surface area contributed by atoms with Gasteiger partial charge in [-0.05, 0) is 78.4 Å². The normalized spacial score (nSPS) is 15.1. The summed E-state index contributed by atoms with van der Waals surface area (Å²) < 4.78 is 19.0. The Hall–Kier alpha value is -3.21. The molecule has 1 aliphatic carbocycles. The van der Waals surface area contributed by atoms with Gasteiger partial charge in [-0.1, -0.05) is 12.1 Å². The number of rotatable bonds is 7. The maximum atomic E-state index is 13.1. The summed E-state index contributed by atoms with van der Waals surface area (Å²) in [5, 5.41) is 9.04. The zero-order valence-electron chi connectivity index (χ0n) is 16.0. The van der Waals surface area contributed by atoms with Gasteiger partial charge in [-0.25, -0.2) is 4.39 Å². The Morgan fingerprint density at radius 2 is 1.97 bits per heavy atom. The van der Waals surface area contributed by atoms with Gasteiger partial charge in [-0.3, -0.25) is 9.78 Å². The van der Waals surface area contributed by atoms with Crippen LogP contribution in [0, 0.1) is 5.82 Å². The highest BCUT2D eigenvalue weighted by molar-refractivity contribution is 5.68. The number of hydrogen-bond acceptors (Lipinski definition) is 3. The molecule has 5 heteroatoms. The first-order valence-corrected chi connectivity index (χ1v) is 9.78. The van der Waals surface area contributed by atoms with Crippen LogP contribution < -0.4 is 4.74 Å². The van der Waals surface area contributed by atoms with E-state index < -0.39 is 5.97 Å². The summed E-state index contributed by atoms with van der Waals surface area (Å²) in [6.45, 7) is 0.497. The standard InChI is InChI=1S/C24H22FNO3/c25-19-8-6-16(7-9-19)23-3-1-2-20(26-23)12-13-29-21-10-11-22-17(14-21)4-5-18(22)15-24(27)28/h1-3,6-11,14,18H,4-5,12-13,15H2,(H,27,28)/t18-/m0/s1. The van der Waals surface area contributed by atoms with Crippen LogP contribution in [0.15, 0.2) is 60.7 Å². The largest absolute Gasteiger partial charge is 0.493 e. The number of carboxylic acid groups (broad SMARTS) is 1. The molecule has 0 radical (unpaired) electrons. The molecule has 3 aromatic rings. The molecule has 0 saturated carbocycles. The molecule has 1 N–H and O–H groups in total. The van der Waals surface area contributed by atoms with Crippen molar-refractivity contribution in [3.8, 4) is 17.0 Å². The molecule has 1 atom stereocenters. The Bertz CT molecular complexity index is 1020. The number of nitrogens with zero attached hydrogens (tertiary/aromatic N) is 1. The molecule has 0 aliphatic heterocycles. The van der Waals surface area contributed by atoms with Crippen molar-refractivity contribution >= 4 is 5.97 Å². The van der Waals surface area contributed by atoms with Crippen LogP contribution in [0.5, 0.6) is 5.75 Å². The molecule has 0 spiro atoms. The SMILES string of the molecule is O=C(O)C[C@@H]1CCc2cc(OCCc3cccc(-c4ccc(F)cc4)n3)ccc21. The van der Waals surface area contributed by atoms with Gasteiger partial charge in [0.25, 0.3) is 0 Å². The van der Waals surface area contributed by atoms with Crippen LogP contribution >= 0.6 is 0 Å². The zero-order valence-corrected chi connectivity index (χ0v) is 16.0. The van der Waals surface area contributed by atoms with Crippen molar-refractivity contribution in [1.29, 1.82) is 0 Å². The number of hydrogen-bond donors (Lipinski definition) is 1. The molecule has 4 nitrogen and oxygen atoms in total. The van der Waals surface area contributed by atoms with E-state index in [0.717, 1.165) is 41.1 Å². The fraction of sp³-hybridized carbons (Fsp3) is 0.250. The van der Waals surface area contributed by atoms with Gasteiger partial charge >= 0.3 is 5.97 Å². The highest BCUT2D eigenvalue weighted by Gasteiger charge is 2.24. The maximum absolute atomic E-state index is 13.1. The second-order valence-corrected chi connectivity index (χ2v) is 7.31. The van der Waals surface area contributed by atoms with Crippen molar-refractivity contribution in [2.24, 2.45) is 0 Å². The van der Waals surface area contributed by atoms with E-state index >= 15 is 0 Å². The molecule has 1 aliphatic rings. The number of aromatic nitrogens is 1. The molecule has 1 aromatic heterocycles. The molecular weight excluding hydrogens is 369 g/mol. The summed E-state index contributed by atoms with van der Waals surface area (Å²) in [6.07, 6.45) is 2.62. The number of halogens is 1. The minimum Gasteiger partial charge on any atom is -0.493 e. The maximum Gasteiger partial charge on any atom is 0.303 e. The number of carboxylic acids is 1. The molecule has 29 heavy (non-hydrogen) atoms. The number of fused-ring (bicyclic) bond motifs is 1. The average Bonchev–Trinajstić information content (AvgIpc) is 3.10. The fourth-order valence-corrected chi connectivity index (χ4v) is 3.87. The van der Waals surface area contributed by atoms with Gasteiger partial charge in [0.2, 0.25) is 0 Å². The first-order chi connectivity index (χ1) is 14.1. The predicted molar refractivity (Wildman–Crippen MR) is 109 cm³/mol. The lowest BCUT2D eigenvalue weighted by Crippen LogP contribution is -2.04. The summed E-state index contributed by atoms with van der Waals surface area (Å²) >= 11 is 0. The van der Waals surface area contributed by atoms with Gasteiger partial charge in [-0.2, -0.15) is 0 Å². The smallest absolute Gasteiger partial charge is 0.303 e. The van der Waals surface area contributed by atoms with E-state index in [1.807, 2.05) is 36.4 Å². The van der Waals surface area contributed by atoms with E-state index in [-0.39, 0.29) is 18.2 Å². The van der Waals surface area contributed by atoms with Crippen LogP contribution in [0.4, 0.5) is 4.39 Å². The van der Waals surface area contributed by atoms with E-state index in [4.69, 9.17) is 9.84 Å². The van der Waals surface area contributed by atoms with E-state index in [9.17, 15) is 9.18 Å². The van der Waals surface area contributed by atoms with E-state index in [1.165, 1.54) is 17.7 Å². The lowest BCUT2D eigenvalue weighted by atomic mass is 9.98. The lowest BCUT2D eigenvalue weighted by Gasteiger charge is -2.11. The zero-order chi connectivity index (χ0) is 20.2. The summed E-state index contributed by atoms with van der Waals surface area (Å²) in [6, 6.07) is 18.1. The molecule has 0 bridgehead atoms. The average molecular weight is 391 g/mol. The topological polar surface area (TPSA) is 59.4 Å². The van der Waals surface area contributed by atoms with Crippen LogP contribution in [0.2, 0.25) is 0 Å². The highest BCUT2D eigenvalue weighted by atomic mass is 19.1. The Morgan fingerprint density at radius 3 is 2.76 bits per heavy atom. The Kier molecular flexibility index (Phi) is 5.56. The van der Waals surface area contributed by atoms with Crippen LogP contribution in [-0.2, 0) is 17.6 Å². The number of carbonyl (C=O) groups is 1. The number of ether oxygens (including phenoxy) is 1. The number of pyridine rings is 1. The number of aliphatic carboxylic acids is 1. The van der Waals surface area contributed by atoms with Crippen LogP contribution in [0.1, 0.15) is 35.6 Å². The third kappa shape index (κ3) is 4.62. The minimum absolute atomic E-state index is 0.106. The van der Waals surface area contributed by atoms with Gasteiger partial charge in [0.1, 0.15) is 11.6 Å². The summed E-state index contributed by atoms with van der Waals surface area (Å²) in [5.41, 5.74) is 4.92. The molecule has 4 rings (SSSR count). The van der Waals surface area contributed by atoms with Gasteiger partial charge in [0.15, 0.2) is 0 Å². The summed E-state index contributed by atoms with van der Waals surface area (Å²) in [7, 11) is 0. The van der Waals surface area contributed by atoms with E-state index in [1.54, 1.807) is 12.1 Å². The monoisotopic (exact) mass is 391 g/mol. The fourth-order valence-electron chi connectivity index (χ4n) is 3.87. The summed E-state index contributed by atoms with van der Waals surface area (Å²) in [5.74, 6) is -0.107.